The maximum atomic E-state index is 9.88. The van der Waals surface area contributed by atoms with Crippen LogP contribution >= 0.6 is 0 Å². The number of nitrogens with zero attached hydrogens (tertiary/aromatic N) is 1. The van der Waals surface area contributed by atoms with Gasteiger partial charge in [0.15, 0.2) is 0 Å². The second kappa shape index (κ2) is 5.17. The molecule has 3 aliphatic rings. The third-order valence-corrected chi connectivity index (χ3v) is 5.84. The zero-order valence-corrected chi connectivity index (χ0v) is 12.7. The molecule has 2 heteroatoms. The molecule has 1 aromatic rings. The molecule has 0 spiro atoms. The Labute approximate surface area is 127 Å². The monoisotopic (exact) mass is 283 g/mol. The number of benzene rings is 1. The molecule has 1 N–H and O–H groups in total. The van der Waals surface area contributed by atoms with Gasteiger partial charge in [-0.05, 0) is 68.2 Å². The number of phenolic OH excluding ortho intramolecular Hbond substituents is 1. The van der Waals surface area contributed by atoms with E-state index in [1.54, 1.807) is 6.07 Å². The number of likely N-dealkylation sites (tertiary alicyclic amines) is 1. The van der Waals surface area contributed by atoms with E-state index in [9.17, 15) is 5.11 Å². The lowest BCUT2D eigenvalue weighted by Crippen LogP contribution is -2.51. The highest BCUT2D eigenvalue weighted by Gasteiger charge is 2.44. The number of rotatable bonds is 3. The maximum Gasteiger partial charge on any atom is 0.115 e. The first-order valence-corrected chi connectivity index (χ1v) is 8.43. The molecule has 1 saturated carbocycles. The summed E-state index contributed by atoms with van der Waals surface area (Å²) in [6.45, 7) is 3.77. The Bertz CT molecular complexity index is 548. The highest BCUT2D eigenvalue weighted by atomic mass is 16.3. The average molecular weight is 283 g/mol. The van der Waals surface area contributed by atoms with E-state index >= 15 is 0 Å². The number of allylic oxidation sites excluding steroid dienone is 2. The van der Waals surface area contributed by atoms with Crippen LogP contribution in [-0.4, -0.2) is 29.6 Å². The molecule has 0 radical (unpaired) electrons. The average Bonchev–Trinajstić information content (AvgIpc) is 3.31. The van der Waals surface area contributed by atoms with E-state index in [2.05, 4.69) is 23.1 Å². The van der Waals surface area contributed by atoms with Crippen LogP contribution in [0.1, 0.15) is 37.7 Å². The maximum absolute atomic E-state index is 9.88. The van der Waals surface area contributed by atoms with E-state index in [4.69, 9.17) is 0 Å². The summed E-state index contributed by atoms with van der Waals surface area (Å²) < 4.78 is 0. The van der Waals surface area contributed by atoms with Crippen molar-refractivity contribution >= 4 is 0 Å². The summed E-state index contributed by atoms with van der Waals surface area (Å²) in [6, 6.07) is 8.02. The number of fused-ring (bicyclic) bond motifs is 1. The van der Waals surface area contributed by atoms with Crippen molar-refractivity contribution in [3.8, 4) is 5.75 Å². The van der Waals surface area contributed by atoms with Crippen LogP contribution in [0.15, 0.2) is 36.4 Å². The lowest BCUT2D eigenvalue weighted by molar-refractivity contribution is 0.0838. The van der Waals surface area contributed by atoms with Crippen LogP contribution < -0.4 is 0 Å². The summed E-state index contributed by atoms with van der Waals surface area (Å²) >= 11 is 0. The van der Waals surface area contributed by atoms with Crippen molar-refractivity contribution < 1.29 is 5.11 Å². The minimum atomic E-state index is 0.257. The summed E-state index contributed by atoms with van der Waals surface area (Å²) in [5.74, 6) is 2.10. The molecule has 4 rings (SSSR count). The van der Waals surface area contributed by atoms with E-state index < -0.39 is 0 Å². The number of phenols is 1. The van der Waals surface area contributed by atoms with Gasteiger partial charge in [-0.2, -0.15) is 0 Å². The standard InChI is InChI=1S/C19H25NO/c21-18-6-3-5-16(12-18)19-9-2-1-4-17(19)14-20(11-10-19)13-15-7-8-15/h1-3,5-6,12,15,17,21H,4,7-11,13-14H2/t17-,19-/m0/s1. The van der Waals surface area contributed by atoms with Gasteiger partial charge in [0.1, 0.15) is 5.75 Å². The van der Waals surface area contributed by atoms with Crippen molar-refractivity contribution in [2.24, 2.45) is 11.8 Å². The predicted molar refractivity (Wildman–Crippen MR) is 85.4 cm³/mol. The highest BCUT2D eigenvalue weighted by Crippen LogP contribution is 2.48. The van der Waals surface area contributed by atoms with Gasteiger partial charge in [-0.3, -0.25) is 0 Å². The van der Waals surface area contributed by atoms with Gasteiger partial charge in [0, 0.05) is 18.5 Å². The molecule has 21 heavy (non-hydrogen) atoms. The molecule has 2 nitrogen and oxygen atoms in total. The molecule has 2 fully saturated rings. The van der Waals surface area contributed by atoms with Crippen LogP contribution in [0.5, 0.6) is 5.75 Å². The lowest BCUT2D eigenvalue weighted by atomic mass is 9.61. The van der Waals surface area contributed by atoms with Gasteiger partial charge in [0.2, 0.25) is 0 Å². The number of hydrogen-bond donors (Lipinski definition) is 1. The Balaban J connectivity index is 1.61. The molecule has 2 atom stereocenters. The summed E-state index contributed by atoms with van der Waals surface area (Å²) in [7, 11) is 0. The zero-order chi connectivity index (χ0) is 14.3. The highest BCUT2D eigenvalue weighted by molar-refractivity contribution is 5.36. The number of piperidine rings is 1. The third kappa shape index (κ3) is 2.50. The SMILES string of the molecule is Oc1cccc([C@@]23CC=CC[C@H]2CN(CC2CC2)CC3)c1. The summed E-state index contributed by atoms with van der Waals surface area (Å²) in [5, 5.41) is 9.88. The first-order chi connectivity index (χ1) is 10.3. The van der Waals surface area contributed by atoms with Crippen LogP contribution in [0.3, 0.4) is 0 Å². The molecule has 2 aliphatic carbocycles. The molecule has 0 aromatic heterocycles. The summed E-state index contributed by atoms with van der Waals surface area (Å²) in [5.41, 5.74) is 1.61. The van der Waals surface area contributed by atoms with Gasteiger partial charge in [0.25, 0.3) is 0 Å². The second-order valence-corrected chi connectivity index (χ2v) is 7.27. The largest absolute Gasteiger partial charge is 0.508 e. The van der Waals surface area contributed by atoms with Gasteiger partial charge >= 0.3 is 0 Å². The molecule has 1 aromatic carbocycles. The van der Waals surface area contributed by atoms with Gasteiger partial charge in [-0.1, -0.05) is 24.3 Å². The first kappa shape index (κ1) is 13.4. The van der Waals surface area contributed by atoms with Crippen molar-refractivity contribution in [1.82, 2.24) is 4.90 Å². The van der Waals surface area contributed by atoms with Gasteiger partial charge in [-0.15, -0.1) is 0 Å². The summed E-state index contributed by atoms with van der Waals surface area (Å²) in [6.07, 6.45) is 11.2. The fourth-order valence-corrected chi connectivity index (χ4v) is 4.41. The summed E-state index contributed by atoms with van der Waals surface area (Å²) in [4.78, 5) is 2.70. The van der Waals surface area contributed by atoms with Gasteiger partial charge in [0.05, 0.1) is 0 Å². The Morgan fingerprint density at radius 2 is 2.14 bits per heavy atom. The molecular formula is C19H25NO. The molecule has 1 heterocycles. The Kier molecular flexibility index (Phi) is 3.30. The molecule has 0 unspecified atom stereocenters. The molecule has 112 valence electrons. The lowest BCUT2D eigenvalue weighted by Gasteiger charge is -2.50. The minimum Gasteiger partial charge on any atom is -0.508 e. The normalized spacial score (nSPS) is 32.9. The van der Waals surface area contributed by atoms with Crippen LogP contribution in [0.4, 0.5) is 0 Å². The molecule has 0 amide bonds. The molecule has 1 aliphatic heterocycles. The molecular weight excluding hydrogens is 258 g/mol. The van der Waals surface area contributed by atoms with Crippen LogP contribution in [0.25, 0.3) is 0 Å². The van der Waals surface area contributed by atoms with Crippen molar-refractivity contribution in [2.45, 2.75) is 37.5 Å². The molecule has 1 saturated heterocycles. The smallest absolute Gasteiger partial charge is 0.115 e. The topological polar surface area (TPSA) is 23.5 Å². The Morgan fingerprint density at radius 1 is 1.24 bits per heavy atom. The second-order valence-electron chi connectivity index (χ2n) is 7.27. The Hall–Kier alpha value is -1.28. The Morgan fingerprint density at radius 3 is 2.95 bits per heavy atom. The van der Waals surface area contributed by atoms with E-state index in [1.165, 1.54) is 50.9 Å². The third-order valence-electron chi connectivity index (χ3n) is 5.84. The van der Waals surface area contributed by atoms with Crippen molar-refractivity contribution in [3.05, 3.63) is 42.0 Å². The van der Waals surface area contributed by atoms with E-state index in [0.29, 0.717) is 11.7 Å². The number of aromatic hydroxyl groups is 1. The van der Waals surface area contributed by atoms with E-state index in [1.807, 2.05) is 12.1 Å². The van der Waals surface area contributed by atoms with Crippen LogP contribution in [-0.2, 0) is 5.41 Å². The van der Waals surface area contributed by atoms with Gasteiger partial charge in [-0.25, -0.2) is 0 Å². The fraction of sp³-hybridized carbons (Fsp3) is 0.579. The van der Waals surface area contributed by atoms with Crippen LogP contribution in [0, 0.1) is 11.8 Å². The fourth-order valence-electron chi connectivity index (χ4n) is 4.41. The van der Waals surface area contributed by atoms with Crippen molar-refractivity contribution in [1.29, 1.82) is 0 Å². The van der Waals surface area contributed by atoms with Crippen molar-refractivity contribution in [2.75, 3.05) is 19.6 Å². The quantitative estimate of drug-likeness (QED) is 0.855. The van der Waals surface area contributed by atoms with E-state index in [-0.39, 0.29) is 5.41 Å². The zero-order valence-electron chi connectivity index (χ0n) is 12.7. The molecule has 0 bridgehead atoms. The van der Waals surface area contributed by atoms with Gasteiger partial charge < -0.3 is 10.0 Å². The minimum absolute atomic E-state index is 0.257. The van der Waals surface area contributed by atoms with Crippen LogP contribution in [0.2, 0.25) is 0 Å². The number of hydrogen-bond acceptors (Lipinski definition) is 2. The van der Waals surface area contributed by atoms with Crippen molar-refractivity contribution in [3.63, 3.8) is 0 Å². The predicted octanol–water partition coefficient (Wildman–Crippen LogP) is 3.71. The van der Waals surface area contributed by atoms with E-state index in [0.717, 1.165) is 12.3 Å². The first-order valence-electron chi connectivity index (χ1n) is 8.43.